The normalized spacial score (nSPS) is 12.4. The lowest BCUT2D eigenvalue weighted by Crippen LogP contribution is -2.24. The molecule has 20 heavy (non-hydrogen) atoms. The molecule has 0 saturated heterocycles. The lowest BCUT2D eigenvalue weighted by molar-refractivity contribution is -0.131. The molecule has 0 saturated carbocycles. The Bertz CT molecular complexity index is 676. The zero-order valence-electron chi connectivity index (χ0n) is 11.0. The van der Waals surface area contributed by atoms with E-state index in [1.807, 2.05) is 49.4 Å². The minimum Gasteiger partial charge on any atom is -0.478 e. The van der Waals surface area contributed by atoms with Crippen LogP contribution in [0.15, 0.2) is 54.6 Å². The lowest BCUT2D eigenvalue weighted by Gasteiger charge is -2.13. The van der Waals surface area contributed by atoms with E-state index in [-0.39, 0.29) is 6.04 Å². The molecule has 0 bridgehead atoms. The van der Waals surface area contributed by atoms with E-state index in [1.165, 1.54) is 0 Å². The summed E-state index contributed by atoms with van der Waals surface area (Å²) in [5.41, 5.74) is 0.973. The molecular weight excluding hydrogens is 254 g/mol. The number of nitrogens with one attached hydrogen (secondary N) is 1. The summed E-state index contributed by atoms with van der Waals surface area (Å²) in [5, 5.41) is 13.4. The van der Waals surface area contributed by atoms with Gasteiger partial charge in [0.05, 0.1) is 6.04 Å². The van der Waals surface area contributed by atoms with Gasteiger partial charge >= 0.3 is 5.97 Å². The van der Waals surface area contributed by atoms with Crippen LogP contribution in [0.1, 0.15) is 18.5 Å². The molecule has 4 nitrogen and oxygen atoms in total. The number of benzene rings is 2. The van der Waals surface area contributed by atoms with Gasteiger partial charge in [0.15, 0.2) is 0 Å². The van der Waals surface area contributed by atoms with Gasteiger partial charge in [-0.2, -0.15) is 0 Å². The number of fused-ring (bicyclic) bond motifs is 1. The van der Waals surface area contributed by atoms with Gasteiger partial charge in [-0.3, -0.25) is 4.79 Å². The molecule has 2 N–H and O–H groups in total. The number of hydrogen-bond donors (Lipinski definition) is 2. The highest BCUT2D eigenvalue weighted by molar-refractivity contribution is 5.94. The number of rotatable bonds is 4. The van der Waals surface area contributed by atoms with Gasteiger partial charge in [-0.1, -0.05) is 36.4 Å². The monoisotopic (exact) mass is 269 g/mol. The largest absolute Gasteiger partial charge is 0.478 e. The van der Waals surface area contributed by atoms with Crippen LogP contribution < -0.4 is 5.32 Å². The molecule has 4 heteroatoms. The van der Waals surface area contributed by atoms with Crippen molar-refractivity contribution < 1.29 is 14.7 Å². The van der Waals surface area contributed by atoms with Gasteiger partial charge in [-0.15, -0.1) is 0 Å². The maximum absolute atomic E-state index is 11.5. The molecule has 0 aliphatic heterocycles. The number of carbonyl (C=O) groups excluding carboxylic acids is 1. The van der Waals surface area contributed by atoms with Crippen molar-refractivity contribution in [1.82, 2.24) is 5.32 Å². The molecule has 0 aromatic heterocycles. The maximum atomic E-state index is 11.5. The van der Waals surface area contributed by atoms with Crippen molar-refractivity contribution in [1.29, 1.82) is 0 Å². The Hall–Kier alpha value is -2.62. The van der Waals surface area contributed by atoms with Crippen molar-refractivity contribution >= 4 is 22.6 Å². The molecule has 0 heterocycles. The Morgan fingerprint density at radius 3 is 2.50 bits per heavy atom. The van der Waals surface area contributed by atoms with Crippen molar-refractivity contribution in [3.8, 4) is 0 Å². The average molecular weight is 269 g/mol. The first-order valence-corrected chi connectivity index (χ1v) is 6.26. The van der Waals surface area contributed by atoms with Crippen LogP contribution in [-0.2, 0) is 9.59 Å². The summed E-state index contributed by atoms with van der Waals surface area (Å²) in [5.74, 6) is -1.56. The van der Waals surface area contributed by atoms with E-state index in [1.54, 1.807) is 0 Å². The Kier molecular flexibility index (Phi) is 4.15. The first-order chi connectivity index (χ1) is 9.56. The summed E-state index contributed by atoms with van der Waals surface area (Å²) in [6.07, 6.45) is 1.84. The minimum atomic E-state index is -1.14. The molecule has 102 valence electrons. The van der Waals surface area contributed by atoms with Crippen LogP contribution in [0.4, 0.5) is 0 Å². The molecule has 1 amide bonds. The van der Waals surface area contributed by atoms with Crippen molar-refractivity contribution in [2.75, 3.05) is 0 Å². The number of hydrogen-bond acceptors (Lipinski definition) is 2. The smallest absolute Gasteiger partial charge is 0.328 e. The second-order valence-electron chi connectivity index (χ2n) is 4.51. The highest BCUT2D eigenvalue weighted by atomic mass is 16.4. The number of amides is 1. The number of carbonyl (C=O) groups is 2. The summed E-state index contributed by atoms with van der Waals surface area (Å²) in [4.78, 5) is 21.9. The van der Waals surface area contributed by atoms with Crippen molar-refractivity contribution in [2.45, 2.75) is 13.0 Å². The lowest BCUT2D eigenvalue weighted by atomic mass is 10.0. The molecule has 2 rings (SSSR count). The summed E-state index contributed by atoms with van der Waals surface area (Å²) in [6, 6.07) is 13.8. The third-order valence-electron chi connectivity index (χ3n) is 3.01. The quantitative estimate of drug-likeness (QED) is 0.838. The van der Waals surface area contributed by atoms with Gasteiger partial charge in [0.25, 0.3) is 0 Å². The fraction of sp³-hybridized carbons (Fsp3) is 0.125. The molecule has 1 atom stereocenters. The van der Waals surface area contributed by atoms with Crippen LogP contribution in [0.5, 0.6) is 0 Å². The van der Waals surface area contributed by atoms with Crippen molar-refractivity contribution in [3.63, 3.8) is 0 Å². The van der Waals surface area contributed by atoms with Crippen molar-refractivity contribution in [3.05, 3.63) is 60.2 Å². The molecule has 0 aliphatic rings. The Morgan fingerprint density at radius 1 is 1.10 bits per heavy atom. The van der Waals surface area contributed by atoms with Crippen LogP contribution in [-0.4, -0.2) is 17.0 Å². The van der Waals surface area contributed by atoms with Crippen LogP contribution in [0.3, 0.4) is 0 Å². The minimum absolute atomic E-state index is 0.189. The predicted molar refractivity (Wildman–Crippen MR) is 77.3 cm³/mol. The van der Waals surface area contributed by atoms with E-state index >= 15 is 0 Å². The molecule has 2 aromatic rings. The molecule has 0 radical (unpaired) electrons. The van der Waals surface area contributed by atoms with Gasteiger partial charge in [0, 0.05) is 12.2 Å². The molecule has 1 unspecified atom stereocenters. The second kappa shape index (κ2) is 6.02. The van der Waals surface area contributed by atoms with E-state index < -0.39 is 11.9 Å². The van der Waals surface area contributed by atoms with Crippen LogP contribution in [0.2, 0.25) is 0 Å². The van der Waals surface area contributed by atoms with Gasteiger partial charge in [0.1, 0.15) is 0 Å². The molecule has 2 aromatic carbocycles. The van der Waals surface area contributed by atoms with E-state index in [4.69, 9.17) is 5.11 Å². The average Bonchev–Trinajstić information content (AvgIpc) is 2.44. The Morgan fingerprint density at radius 2 is 1.80 bits per heavy atom. The summed E-state index contributed by atoms with van der Waals surface area (Å²) in [7, 11) is 0. The SMILES string of the molecule is CC(NC(=O)/C=C\C(=O)O)c1ccc2ccccc2c1. The summed E-state index contributed by atoms with van der Waals surface area (Å²) in [6.45, 7) is 1.86. The highest BCUT2D eigenvalue weighted by Crippen LogP contribution is 2.20. The summed E-state index contributed by atoms with van der Waals surface area (Å²) < 4.78 is 0. The van der Waals surface area contributed by atoms with Gasteiger partial charge < -0.3 is 10.4 Å². The van der Waals surface area contributed by atoms with Crippen LogP contribution in [0, 0.1) is 0 Å². The van der Waals surface area contributed by atoms with Crippen LogP contribution >= 0.6 is 0 Å². The second-order valence-corrected chi connectivity index (χ2v) is 4.51. The Labute approximate surface area is 116 Å². The fourth-order valence-corrected chi connectivity index (χ4v) is 1.97. The Balaban J connectivity index is 2.13. The molecule has 0 aliphatic carbocycles. The third-order valence-corrected chi connectivity index (χ3v) is 3.01. The standard InChI is InChI=1S/C16H15NO3/c1-11(17-15(18)8-9-16(19)20)13-7-6-12-4-2-3-5-14(12)10-13/h2-11H,1H3,(H,17,18)(H,19,20)/b9-8-. The number of carboxylic acids is 1. The van der Waals surface area contributed by atoms with Gasteiger partial charge in [-0.25, -0.2) is 4.79 Å². The fourth-order valence-electron chi connectivity index (χ4n) is 1.97. The van der Waals surface area contributed by atoms with Crippen molar-refractivity contribution in [2.24, 2.45) is 0 Å². The van der Waals surface area contributed by atoms with Crippen LogP contribution in [0.25, 0.3) is 10.8 Å². The first-order valence-electron chi connectivity index (χ1n) is 6.26. The molecule has 0 fully saturated rings. The zero-order chi connectivity index (χ0) is 14.5. The zero-order valence-corrected chi connectivity index (χ0v) is 11.0. The van der Waals surface area contributed by atoms with E-state index in [9.17, 15) is 9.59 Å². The molecule has 0 spiro atoms. The topological polar surface area (TPSA) is 66.4 Å². The van der Waals surface area contributed by atoms with E-state index in [0.717, 1.165) is 28.5 Å². The van der Waals surface area contributed by atoms with Gasteiger partial charge in [0.2, 0.25) is 5.91 Å². The number of aliphatic carboxylic acids is 1. The molecular formula is C16H15NO3. The van der Waals surface area contributed by atoms with E-state index in [2.05, 4.69) is 5.32 Å². The van der Waals surface area contributed by atoms with E-state index in [0.29, 0.717) is 0 Å². The maximum Gasteiger partial charge on any atom is 0.328 e. The number of carboxylic acid groups (broad SMARTS) is 1. The highest BCUT2D eigenvalue weighted by Gasteiger charge is 2.08. The van der Waals surface area contributed by atoms with Gasteiger partial charge in [-0.05, 0) is 29.3 Å². The predicted octanol–water partition coefficient (Wildman–Crippen LogP) is 2.66. The first kappa shape index (κ1) is 13.8. The third kappa shape index (κ3) is 3.45. The summed E-state index contributed by atoms with van der Waals surface area (Å²) >= 11 is 0.